The quantitative estimate of drug-likeness (QED) is 0.826. The molecular formula is C17H20BrNO. The van der Waals surface area contributed by atoms with Crippen molar-refractivity contribution in [3.05, 3.63) is 58.1 Å². The smallest absolute Gasteiger partial charge is 0.131 e. The Labute approximate surface area is 129 Å². The third-order valence-corrected chi connectivity index (χ3v) is 3.43. The van der Waals surface area contributed by atoms with Crippen LogP contribution in [-0.4, -0.2) is 6.04 Å². The number of hydrogen-bond donors (Lipinski definition) is 1. The van der Waals surface area contributed by atoms with E-state index in [0.29, 0.717) is 6.04 Å². The van der Waals surface area contributed by atoms with Crippen LogP contribution in [0.3, 0.4) is 0 Å². The first-order chi connectivity index (χ1) is 9.54. The van der Waals surface area contributed by atoms with Crippen LogP contribution >= 0.6 is 15.9 Å². The maximum absolute atomic E-state index is 6.01. The first-order valence-electron chi connectivity index (χ1n) is 6.81. The Bertz CT molecular complexity index is 581. The molecule has 2 nitrogen and oxygen atoms in total. The van der Waals surface area contributed by atoms with Gasteiger partial charge in [0.15, 0.2) is 0 Å². The number of benzene rings is 2. The van der Waals surface area contributed by atoms with Crippen LogP contribution in [-0.2, 0) is 6.54 Å². The number of aryl methyl sites for hydroxylation is 1. The molecule has 0 radical (unpaired) electrons. The predicted octanol–water partition coefficient (Wildman–Crippen LogP) is 5.05. The van der Waals surface area contributed by atoms with Crippen molar-refractivity contribution in [3.8, 4) is 11.5 Å². The molecule has 2 rings (SSSR count). The molecule has 0 spiro atoms. The highest BCUT2D eigenvalue weighted by Gasteiger charge is 2.06. The van der Waals surface area contributed by atoms with Crippen molar-refractivity contribution in [2.75, 3.05) is 0 Å². The van der Waals surface area contributed by atoms with Gasteiger partial charge in [-0.05, 0) is 31.2 Å². The van der Waals surface area contributed by atoms with Crippen LogP contribution in [0.15, 0.2) is 46.9 Å². The lowest BCUT2D eigenvalue weighted by Crippen LogP contribution is -2.22. The summed E-state index contributed by atoms with van der Waals surface area (Å²) in [6.07, 6.45) is 0. The van der Waals surface area contributed by atoms with Gasteiger partial charge in [0.2, 0.25) is 0 Å². The first kappa shape index (κ1) is 15.1. The van der Waals surface area contributed by atoms with Gasteiger partial charge in [0.05, 0.1) is 0 Å². The molecule has 20 heavy (non-hydrogen) atoms. The second kappa shape index (κ2) is 6.91. The Kier molecular flexibility index (Phi) is 5.21. The van der Waals surface area contributed by atoms with Crippen LogP contribution < -0.4 is 10.1 Å². The van der Waals surface area contributed by atoms with Crippen molar-refractivity contribution in [2.45, 2.75) is 33.4 Å². The normalized spacial score (nSPS) is 10.8. The molecular weight excluding hydrogens is 314 g/mol. The van der Waals surface area contributed by atoms with Gasteiger partial charge in [-0.25, -0.2) is 0 Å². The van der Waals surface area contributed by atoms with E-state index in [1.54, 1.807) is 0 Å². The molecule has 2 aromatic carbocycles. The van der Waals surface area contributed by atoms with Crippen molar-refractivity contribution in [2.24, 2.45) is 0 Å². The van der Waals surface area contributed by atoms with Gasteiger partial charge in [-0.15, -0.1) is 0 Å². The Morgan fingerprint density at radius 2 is 1.95 bits per heavy atom. The van der Waals surface area contributed by atoms with Gasteiger partial charge in [0.25, 0.3) is 0 Å². The monoisotopic (exact) mass is 333 g/mol. The molecule has 3 heteroatoms. The van der Waals surface area contributed by atoms with Crippen molar-refractivity contribution in [1.82, 2.24) is 5.32 Å². The summed E-state index contributed by atoms with van der Waals surface area (Å²) < 4.78 is 7.03. The summed E-state index contributed by atoms with van der Waals surface area (Å²) in [5.41, 5.74) is 2.42. The molecule has 0 saturated heterocycles. The lowest BCUT2D eigenvalue weighted by Gasteiger charge is -2.14. The molecule has 0 aliphatic rings. The fraction of sp³-hybridized carbons (Fsp3) is 0.294. The van der Waals surface area contributed by atoms with E-state index in [0.717, 1.165) is 22.5 Å². The number of rotatable bonds is 5. The van der Waals surface area contributed by atoms with Gasteiger partial charge in [0.1, 0.15) is 11.5 Å². The lowest BCUT2D eigenvalue weighted by molar-refractivity contribution is 0.469. The zero-order valence-electron chi connectivity index (χ0n) is 12.1. The summed E-state index contributed by atoms with van der Waals surface area (Å²) in [6, 6.07) is 14.6. The first-order valence-corrected chi connectivity index (χ1v) is 7.60. The van der Waals surface area contributed by atoms with Crippen molar-refractivity contribution >= 4 is 15.9 Å². The van der Waals surface area contributed by atoms with Gasteiger partial charge < -0.3 is 10.1 Å². The minimum absolute atomic E-state index is 0.453. The van der Waals surface area contributed by atoms with E-state index >= 15 is 0 Å². The van der Waals surface area contributed by atoms with E-state index in [9.17, 15) is 0 Å². The second-order valence-electron chi connectivity index (χ2n) is 5.21. The topological polar surface area (TPSA) is 21.3 Å². The van der Waals surface area contributed by atoms with Crippen LogP contribution in [0.2, 0.25) is 0 Å². The zero-order chi connectivity index (χ0) is 14.5. The van der Waals surface area contributed by atoms with Gasteiger partial charge in [-0.2, -0.15) is 0 Å². The molecule has 0 heterocycles. The maximum Gasteiger partial charge on any atom is 0.131 e. The molecule has 0 atom stereocenters. The summed E-state index contributed by atoms with van der Waals surface area (Å²) in [6.45, 7) is 7.19. The van der Waals surface area contributed by atoms with Gasteiger partial charge in [-0.1, -0.05) is 53.5 Å². The Balaban J connectivity index is 2.21. The van der Waals surface area contributed by atoms with Crippen molar-refractivity contribution in [3.63, 3.8) is 0 Å². The summed E-state index contributed by atoms with van der Waals surface area (Å²) in [7, 11) is 0. The third-order valence-electron chi connectivity index (χ3n) is 2.94. The molecule has 0 saturated carbocycles. The highest BCUT2D eigenvalue weighted by atomic mass is 79.9. The molecule has 0 aromatic heterocycles. The maximum atomic E-state index is 6.01. The van der Waals surface area contributed by atoms with Gasteiger partial charge >= 0.3 is 0 Å². The van der Waals surface area contributed by atoms with Crippen molar-refractivity contribution < 1.29 is 4.74 Å². The SMILES string of the molecule is Cc1ccc(Oc2cccc(Br)c2)c(CNC(C)C)c1. The number of nitrogens with one attached hydrogen (secondary N) is 1. The fourth-order valence-corrected chi connectivity index (χ4v) is 2.30. The highest BCUT2D eigenvalue weighted by molar-refractivity contribution is 9.10. The summed E-state index contributed by atoms with van der Waals surface area (Å²) in [5.74, 6) is 1.75. The highest BCUT2D eigenvalue weighted by Crippen LogP contribution is 2.28. The van der Waals surface area contributed by atoms with Crippen molar-refractivity contribution in [1.29, 1.82) is 0 Å². The van der Waals surface area contributed by atoms with Crippen LogP contribution in [0.5, 0.6) is 11.5 Å². The number of halogens is 1. The molecule has 0 fully saturated rings. The van der Waals surface area contributed by atoms with Gasteiger partial charge in [0, 0.05) is 22.6 Å². The van der Waals surface area contributed by atoms with E-state index in [1.165, 1.54) is 11.1 Å². The summed E-state index contributed by atoms with van der Waals surface area (Å²) in [4.78, 5) is 0. The molecule has 0 aliphatic heterocycles. The van der Waals surface area contributed by atoms with E-state index in [4.69, 9.17) is 4.74 Å². The average Bonchev–Trinajstić information content (AvgIpc) is 2.39. The van der Waals surface area contributed by atoms with E-state index in [2.05, 4.69) is 54.2 Å². The molecule has 106 valence electrons. The van der Waals surface area contributed by atoms with E-state index < -0.39 is 0 Å². The predicted molar refractivity (Wildman–Crippen MR) is 87.4 cm³/mol. The third kappa shape index (κ3) is 4.36. The summed E-state index contributed by atoms with van der Waals surface area (Å²) in [5, 5.41) is 3.44. The molecule has 0 bridgehead atoms. The molecule has 0 unspecified atom stereocenters. The molecule has 0 aliphatic carbocycles. The standard InChI is InChI=1S/C17H20BrNO/c1-12(2)19-11-14-9-13(3)7-8-17(14)20-16-6-4-5-15(18)10-16/h4-10,12,19H,11H2,1-3H3. The van der Waals surface area contributed by atoms with Gasteiger partial charge in [-0.3, -0.25) is 0 Å². The Hall–Kier alpha value is -1.32. The van der Waals surface area contributed by atoms with E-state index in [-0.39, 0.29) is 0 Å². The second-order valence-corrected chi connectivity index (χ2v) is 6.12. The average molecular weight is 334 g/mol. The largest absolute Gasteiger partial charge is 0.457 e. The Morgan fingerprint density at radius 3 is 2.65 bits per heavy atom. The summed E-state index contributed by atoms with van der Waals surface area (Å²) >= 11 is 3.46. The molecule has 0 amide bonds. The Morgan fingerprint density at radius 1 is 1.15 bits per heavy atom. The van der Waals surface area contributed by atoms with Crippen LogP contribution in [0.1, 0.15) is 25.0 Å². The van der Waals surface area contributed by atoms with Crippen LogP contribution in [0, 0.1) is 6.92 Å². The molecule has 2 aromatic rings. The lowest BCUT2D eigenvalue weighted by atomic mass is 10.1. The number of hydrogen-bond acceptors (Lipinski definition) is 2. The minimum atomic E-state index is 0.453. The minimum Gasteiger partial charge on any atom is -0.457 e. The fourth-order valence-electron chi connectivity index (χ4n) is 1.92. The van der Waals surface area contributed by atoms with Crippen LogP contribution in [0.25, 0.3) is 0 Å². The zero-order valence-corrected chi connectivity index (χ0v) is 13.7. The number of ether oxygens (including phenoxy) is 1. The van der Waals surface area contributed by atoms with E-state index in [1.807, 2.05) is 30.3 Å². The molecule has 1 N–H and O–H groups in total. The van der Waals surface area contributed by atoms with Crippen LogP contribution in [0.4, 0.5) is 0 Å².